The van der Waals surface area contributed by atoms with E-state index in [0.29, 0.717) is 30.6 Å². The lowest BCUT2D eigenvalue weighted by Crippen LogP contribution is -2.25. The fourth-order valence-electron chi connectivity index (χ4n) is 1.81. The molecule has 0 saturated carbocycles. The van der Waals surface area contributed by atoms with Crippen molar-refractivity contribution >= 4 is 14.6 Å². The van der Waals surface area contributed by atoms with Crippen LogP contribution in [0.4, 0.5) is 0 Å². The molecule has 0 N–H and O–H groups in total. The SMILES string of the molecule is C.C.C.C.C.CC(C)(C)CCOCOCCC(C)(C)C.CC(C)(C)OC[B]C[B]COC(C)(C)C. The maximum Gasteiger partial charge on any atom is 0.146 e. The molecular weight excluding hydrogens is 434 g/mol. The van der Waals surface area contributed by atoms with Crippen LogP contribution in [0, 0.1) is 10.8 Å². The largest absolute Gasteiger partial charge is 0.385 e. The molecule has 0 saturated heterocycles. The highest BCUT2D eigenvalue weighted by Gasteiger charge is 2.12. The van der Waals surface area contributed by atoms with Crippen molar-refractivity contribution in [1.82, 2.24) is 0 Å². The number of rotatable bonds is 12. The van der Waals surface area contributed by atoms with Gasteiger partial charge in [0.1, 0.15) is 21.4 Å². The molecule has 0 unspecified atom stereocenters. The molecule has 0 aromatic rings. The highest BCUT2D eigenvalue weighted by molar-refractivity contribution is 6.55. The monoisotopic (exact) mass is 507 g/mol. The topological polar surface area (TPSA) is 36.9 Å². The van der Waals surface area contributed by atoms with Crippen LogP contribution in [0.1, 0.15) is 133 Å². The van der Waals surface area contributed by atoms with Crippen LogP contribution in [-0.2, 0) is 18.9 Å². The third-order valence-electron chi connectivity index (χ3n) is 3.76. The van der Waals surface area contributed by atoms with Crippen molar-refractivity contribution in [2.24, 2.45) is 10.8 Å². The molecule has 0 amide bonds. The third-order valence-corrected chi connectivity index (χ3v) is 3.76. The van der Waals surface area contributed by atoms with E-state index in [9.17, 15) is 0 Å². The van der Waals surface area contributed by atoms with Crippen molar-refractivity contribution in [1.29, 1.82) is 0 Å². The molecule has 218 valence electrons. The van der Waals surface area contributed by atoms with Crippen LogP contribution < -0.4 is 0 Å². The predicted octanol–water partition coefficient (Wildman–Crippen LogP) is 9.35. The van der Waals surface area contributed by atoms with Crippen molar-refractivity contribution in [2.45, 2.75) is 150 Å². The van der Waals surface area contributed by atoms with Crippen LogP contribution in [0.15, 0.2) is 0 Å². The Bertz CT molecular complexity index is 315. The van der Waals surface area contributed by atoms with Gasteiger partial charge in [0.15, 0.2) is 0 Å². The zero-order chi connectivity index (χ0) is 23.9. The second kappa shape index (κ2) is 25.6. The van der Waals surface area contributed by atoms with Gasteiger partial charge in [-0.05, 0) is 65.2 Å². The van der Waals surface area contributed by atoms with Gasteiger partial charge in [-0.15, -0.1) is 6.22 Å². The molecule has 4 nitrogen and oxygen atoms in total. The summed E-state index contributed by atoms with van der Waals surface area (Å²) in [4.78, 5) is 0. The van der Waals surface area contributed by atoms with E-state index in [-0.39, 0.29) is 48.3 Å². The number of hydrogen-bond donors (Lipinski definition) is 0. The van der Waals surface area contributed by atoms with Gasteiger partial charge < -0.3 is 18.9 Å². The Balaban J connectivity index is -0.0000000784. The summed E-state index contributed by atoms with van der Waals surface area (Å²) in [5.41, 5.74) is 0.619. The molecule has 0 atom stereocenters. The minimum atomic E-state index is -0.0432. The molecule has 0 aromatic carbocycles. The number of hydrogen-bond acceptors (Lipinski definition) is 4. The minimum absolute atomic E-state index is 0. The quantitative estimate of drug-likeness (QED) is 0.150. The summed E-state index contributed by atoms with van der Waals surface area (Å²) >= 11 is 0. The Morgan fingerprint density at radius 3 is 1.00 bits per heavy atom. The molecule has 35 heavy (non-hydrogen) atoms. The lowest BCUT2D eigenvalue weighted by atomic mass is 9.56. The normalized spacial score (nSPS) is 11.1. The van der Waals surface area contributed by atoms with E-state index >= 15 is 0 Å². The molecule has 0 bridgehead atoms. The second-order valence-corrected chi connectivity index (χ2v) is 12.2. The number of ether oxygens (including phenoxy) is 4. The first kappa shape index (κ1) is 51.6. The fraction of sp³-hybridized carbons (Fsp3) is 1.00. The molecule has 6 heteroatoms. The Labute approximate surface area is 227 Å². The molecule has 0 aliphatic carbocycles. The van der Waals surface area contributed by atoms with Gasteiger partial charge in [-0.3, -0.25) is 0 Å². The summed E-state index contributed by atoms with van der Waals surface area (Å²) in [5, 5.41) is 0. The van der Waals surface area contributed by atoms with Gasteiger partial charge in [-0.2, -0.15) is 0 Å². The summed E-state index contributed by atoms with van der Waals surface area (Å²) < 4.78 is 21.9. The van der Waals surface area contributed by atoms with Gasteiger partial charge >= 0.3 is 0 Å². The van der Waals surface area contributed by atoms with Crippen molar-refractivity contribution in [3.05, 3.63) is 0 Å². The lowest BCUT2D eigenvalue weighted by molar-refractivity contribution is -0.0645. The zero-order valence-electron chi connectivity index (χ0n) is 22.4. The van der Waals surface area contributed by atoms with E-state index in [0.717, 1.165) is 32.3 Å². The van der Waals surface area contributed by atoms with E-state index in [1.807, 2.05) is 0 Å². The fourth-order valence-corrected chi connectivity index (χ4v) is 1.81. The predicted molar refractivity (Wildman–Crippen MR) is 166 cm³/mol. The molecule has 0 aromatic heterocycles. The second-order valence-electron chi connectivity index (χ2n) is 12.2. The smallest absolute Gasteiger partial charge is 0.146 e. The highest BCUT2D eigenvalue weighted by Crippen LogP contribution is 2.19. The first-order valence-electron chi connectivity index (χ1n) is 11.5. The Morgan fingerprint density at radius 2 is 0.771 bits per heavy atom. The van der Waals surface area contributed by atoms with E-state index in [4.69, 9.17) is 18.9 Å². The summed E-state index contributed by atoms with van der Waals surface area (Å²) in [6, 6.07) is 0. The van der Waals surface area contributed by atoms with Crippen molar-refractivity contribution in [3.8, 4) is 0 Å². The standard InChI is InChI=1S/C13H28O2.C11H24B2O2.5CH4/c1-12(2,3)7-9-14-11-15-10-8-13(4,5)6;1-10(2,3)14-8-12-7-13-9-15-11(4,5)6;;;;;/h7-11H2,1-6H3;7-9H2,1-6H3;5*1H4. The van der Waals surface area contributed by atoms with Crippen LogP contribution in [0.3, 0.4) is 0 Å². The van der Waals surface area contributed by atoms with Crippen molar-refractivity contribution in [2.75, 3.05) is 33.0 Å². The summed E-state index contributed by atoms with van der Waals surface area (Å²) in [7, 11) is 4.24. The molecular formula is C29H72B2O4. The van der Waals surface area contributed by atoms with Crippen LogP contribution in [0.25, 0.3) is 0 Å². The van der Waals surface area contributed by atoms with Crippen LogP contribution in [-0.4, -0.2) is 58.8 Å². The average Bonchev–Trinajstić information content (AvgIpc) is 2.49. The van der Waals surface area contributed by atoms with Crippen molar-refractivity contribution in [3.63, 3.8) is 0 Å². The third kappa shape index (κ3) is 60.4. The molecule has 0 rings (SSSR count). The molecule has 0 heterocycles. The van der Waals surface area contributed by atoms with Gasteiger partial charge in [0.05, 0.1) is 11.2 Å². The molecule has 0 fully saturated rings. The van der Waals surface area contributed by atoms with Crippen molar-refractivity contribution < 1.29 is 18.9 Å². The maximum atomic E-state index is 5.56. The molecule has 0 spiro atoms. The van der Waals surface area contributed by atoms with Gasteiger partial charge in [0.25, 0.3) is 0 Å². The molecule has 2 radical (unpaired) electrons. The Kier molecular flexibility index (Phi) is 37.7. The van der Waals surface area contributed by atoms with E-state index < -0.39 is 0 Å². The van der Waals surface area contributed by atoms with E-state index in [2.05, 4.69) is 97.6 Å². The molecule has 0 aliphatic heterocycles. The minimum Gasteiger partial charge on any atom is -0.385 e. The summed E-state index contributed by atoms with van der Waals surface area (Å²) in [6.45, 7) is 29.1. The first-order chi connectivity index (χ1) is 13.4. The lowest BCUT2D eigenvalue weighted by Gasteiger charge is -2.20. The zero-order valence-corrected chi connectivity index (χ0v) is 22.4. The average molecular weight is 507 g/mol. The van der Waals surface area contributed by atoms with Gasteiger partial charge in [0.2, 0.25) is 0 Å². The summed E-state index contributed by atoms with van der Waals surface area (Å²) in [6.07, 6.45) is 3.09. The molecule has 0 aliphatic rings. The van der Waals surface area contributed by atoms with Gasteiger partial charge in [-0.1, -0.05) is 78.7 Å². The first-order valence-corrected chi connectivity index (χ1v) is 11.5. The highest BCUT2D eigenvalue weighted by atomic mass is 16.7. The summed E-state index contributed by atoms with van der Waals surface area (Å²) in [5.74, 6) is 0. The Morgan fingerprint density at radius 1 is 0.486 bits per heavy atom. The van der Waals surface area contributed by atoms with Crippen LogP contribution in [0.5, 0.6) is 0 Å². The van der Waals surface area contributed by atoms with Crippen LogP contribution in [0.2, 0.25) is 6.22 Å². The van der Waals surface area contributed by atoms with Gasteiger partial charge in [-0.25, -0.2) is 0 Å². The van der Waals surface area contributed by atoms with E-state index in [1.54, 1.807) is 0 Å². The van der Waals surface area contributed by atoms with Gasteiger partial charge in [0, 0.05) is 26.2 Å². The van der Waals surface area contributed by atoms with E-state index in [1.165, 1.54) is 0 Å². The Hall–Kier alpha value is -0.0301. The maximum absolute atomic E-state index is 5.56. The van der Waals surface area contributed by atoms with Crippen LogP contribution >= 0.6 is 0 Å².